The first kappa shape index (κ1) is 13.4. The average Bonchev–Trinajstić information content (AvgIpc) is 2.80. The largest absolute Gasteiger partial charge is 0.366 e. The maximum Gasteiger partial charge on any atom is 0.248 e. The molecule has 1 amide bonds. The zero-order valence-electron chi connectivity index (χ0n) is 10.1. The van der Waals surface area contributed by atoms with Gasteiger partial charge in [0.2, 0.25) is 5.91 Å². The Morgan fingerprint density at radius 1 is 1.15 bits per heavy atom. The van der Waals surface area contributed by atoms with Gasteiger partial charge in [-0.05, 0) is 36.4 Å². The fraction of sp³-hybridized carbons (Fsp3) is 0. The molecule has 20 heavy (non-hydrogen) atoms. The van der Waals surface area contributed by atoms with Gasteiger partial charge in [0.25, 0.3) is 0 Å². The van der Waals surface area contributed by atoms with E-state index < -0.39 is 5.91 Å². The lowest BCUT2D eigenvalue weighted by molar-refractivity contribution is 0.100. The number of thiazole rings is 1. The van der Waals surface area contributed by atoms with Crippen LogP contribution in [0, 0.1) is 0 Å². The molecule has 2 aromatic carbocycles. The number of hydrogen-bond donors (Lipinski definition) is 1. The highest BCUT2D eigenvalue weighted by atomic mass is 35.5. The highest BCUT2D eigenvalue weighted by Gasteiger charge is 2.11. The highest BCUT2D eigenvalue weighted by molar-refractivity contribution is 7.21. The van der Waals surface area contributed by atoms with Crippen LogP contribution in [0.5, 0.6) is 0 Å². The topological polar surface area (TPSA) is 56.0 Å². The molecule has 3 rings (SSSR count). The van der Waals surface area contributed by atoms with E-state index in [1.807, 2.05) is 6.07 Å². The number of halogens is 2. The van der Waals surface area contributed by atoms with Crippen LogP contribution in [0.3, 0.4) is 0 Å². The molecule has 0 unspecified atom stereocenters. The Labute approximate surface area is 129 Å². The molecule has 0 fully saturated rings. The Morgan fingerprint density at radius 2 is 1.95 bits per heavy atom. The Balaban J connectivity index is 2.15. The van der Waals surface area contributed by atoms with E-state index in [9.17, 15) is 4.79 Å². The molecule has 0 atom stereocenters. The van der Waals surface area contributed by atoms with Crippen LogP contribution in [0.15, 0.2) is 36.4 Å². The number of rotatable bonds is 2. The summed E-state index contributed by atoms with van der Waals surface area (Å²) in [4.78, 5) is 15.7. The molecule has 1 heterocycles. The van der Waals surface area contributed by atoms with Gasteiger partial charge in [0.1, 0.15) is 5.01 Å². The zero-order valence-corrected chi connectivity index (χ0v) is 12.4. The summed E-state index contributed by atoms with van der Waals surface area (Å²) in [5.41, 5.74) is 7.36. The second-order valence-electron chi connectivity index (χ2n) is 4.19. The lowest BCUT2D eigenvalue weighted by atomic mass is 10.2. The van der Waals surface area contributed by atoms with Crippen LogP contribution in [0.2, 0.25) is 10.0 Å². The van der Waals surface area contributed by atoms with Crippen molar-refractivity contribution in [1.82, 2.24) is 4.98 Å². The second kappa shape index (κ2) is 5.05. The molecule has 0 aliphatic heterocycles. The summed E-state index contributed by atoms with van der Waals surface area (Å²) in [7, 11) is 0. The standard InChI is InChI=1S/C14H8Cl2N2OS/c15-8-2-3-9(10(16)6-8)14-18-11-4-1-7(13(17)19)5-12(11)20-14/h1-6H,(H2,17,19). The van der Waals surface area contributed by atoms with E-state index in [-0.39, 0.29) is 0 Å². The summed E-state index contributed by atoms with van der Waals surface area (Å²) in [5, 5.41) is 1.91. The van der Waals surface area contributed by atoms with Crippen LogP contribution in [0.4, 0.5) is 0 Å². The van der Waals surface area contributed by atoms with E-state index in [1.165, 1.54) is 11.3 Å². The molecule has 0 aliphatic carbocycles. The van der Waals surface area contributed by atoms with Crippen LogP contribution >= 0.6 is 34.5 Å². The number of carbonyl (C=O) groups is 1. The van der Waals surface area contributed by atoms with Crippen molar-refractivity contribution in [2.75, 3.05) is 0 Å². The summed E-state index contributed by atoms with van der Waals surface area (Å²) in [6.45, 7) is 0. The summed E-state index contributed by atoms with van der Waals surface area (Å²) >= 11 is 13.5. The predicted molar refractivity (Wildman–Crippen MR) is 83.6 cm³/mol. The van der Waals surface area contributed by atoms with Gasteiger partial charge in [0, 0.05) is 16.1 Å². The SMILES string of the molecule is NC(=O)c1ccc2nc(-c3ccc(Cl)cc3Cl)sc2c1. The molecular formula is C14H8Cl2N2OS. The molecule has 0 bridgehead atoms. The third kappa shape index (κ3) is 2.38. The first-order valence-corrected chi connectivity index (χ1v) is 7.27. The summed E-state index contributed by atoms with van der Waals surface area (Å²) < 4.78 is 0.891. The normalized spacial score (nSPS) is 10.9. The van der Waals surface area contributed by atoms with Crippen LogP contribution < -0.4 is 5.73 Å². The summed E-state index contributed by atoms with van der Waals surface area (Å²) in [6, 6.07) is 10.5. The lowest BCUT2D eigenvalue weighted by Crippen LogP contribution is -2.10. The van der Waals surface area contributed by atoms with Gasteiger partial charge in [0.15, 0.2) is 0 Å². The van der Waals surface area contributed by atoms with Crippen LogP contribution in [0.1, 0.15) is 10.4 Å². The molecule has 0 radical (unpaired) electrons. The number of nitrogens with two attached hydrogens (primary N) is 1. The lowest BCUT2D eigenvalue weighted by Gasteiger charge is -1.99. The third-order valence-electron chi connectivity index (χ3n) is 2.83. The van der Waals surface area contributed by atoms with E-state index in [2.05, 4.69) is 4.98 Å². The Hall–Kier alpha value is -1.62. The van der Waals surface area contributed by atoms with Gasteiger partial charge in [-0.3, -0.25) is 4.79 Å². The van der Waals surface area contributed by atoms with Gasteiger partial charge >= 0.3 is 0 Å². The fourth-order valence-electron chi connectivity index (χ4n) is 1.86. The van der Waals surface area contributed by atoms with Crippen LogP contribution in [-0.4, -0.2) is 10.9 Å². The molecular weight excluding hydrogens is 315 g/mol. The minimum atomic E-state index is -0.452. The number of aromatic nitrogens is 1. The number of hydrogen-bond acceptors (Lipinski definition) is 3. The molecule has 0 saturated heterocycles. The monoisotopic (exact) mass is 322 g/mol. The maximum atomic E-state index is 11.2. The molecule has 0 aliphatic rings. The predicted octanol–water partition coefficient (Wildman–Crippen LogP) is 4.37. The minimum Gasteiger partial charge on any atom is -0.366 e. The zero-order chi connectivity index (χ0) is 14.3. The first-order valence-electron chi connectivity index (χ1n) is 5.70. The molecule has 0 saturated carbocycles. The molecule has 3 nitrogen and oxygen atoms in total. The van der Waals surface area contributed by atoms with Gasteiger partial charge in [-0.1, -0.05) is 23.2 Å². The maximum absolute atomic E-state index is 11.2. The van der Waals surface area contributed by atoms with Crippen molar-refractivity contribution >= 4 is 50.7 Å². The number of nitrogens with zero attached hydrogens (tertiary/aromatic N) is 1. The quantitative estimate of drug-likeness (QED) is 0.761. The number of carbonyl (C=O) groups excluding carboxylic acids is 1. The number of primary amides is 1. The first-order chi connectivity index (χ1) is 9.54. The molecule has 3 aromatic rings. The van der Waals surface area contributed by atoms with Crippen LogP contribution in [0.25, 0.3) is 20.8 Å². The van der Waals surface area contributed by atoms with E-state index in [1.54, 1.807) is 30.3 Å². The van der Waals surface area contributed by atoms with Crippen molar-refractivity contribution in [3.63, 3.8) is 0 Å². The third-order valence-corrected chi connectivity index (χ3v) is 4.43. The van der Waals surface area contributed by atoms with Gasteiger partial charge in [-0.25, -0.2) is 4.98 Å². The highest BCUT2D eigenvalue weighted by Crippen LogP contribution is 2.35. The Kier molecular flexibility index (Phi) is 3.38. The van der Waals surface area contributed by atoms with Crippen molar-refractivity contribution in [3.05, 3.63) is 52.0 Å². The van der Waals surface area contributed by atoms with Gasteiger partial charge in [0.05, 0.1) is 15.2 Å². The van der Waals surface area contributed by atoms with Crippen molar-refractivity contribution in [1.29, 1.82) is 0 Å². The number of amides is 1. The summed E-state index contributed by atoms with van der Waals surface area (Å²) in [5.74, 6) is -0.452. The van der Waals surface area contributed by atoms with Gasteiger partial charge in [-0.2, -0.15) is 0 Å². The smallest absolute Gasteiger partial charge is 0.248 e. The van der Waals surface area contributed by atoms with Crippen molar-refractivity contribution in [2.24, 2.45) is 5.73 Å². The van der Waals surface area contributed by atoms with E-state index in [4.69, 9.17) is 28.9 Å². The van der Waals surface area contributed by atoms with Crippen molar-refractivity contribution in [2.45, 2.75) is 0 Å². The van der Waals surface area contributed by atoms with Crippen molar-refractivity contribution in [3.8, 4) is 10.6 Å². The minimum absolute atomic E-state index is 0.452. The summed E-state index contributed by atoms with van der Waals surface area (Å²) in [6.07, 6.45) is 0. The molecule has 100 valence electrons. The molecule has 6 heteroatoms. The molecule has 0 spiro atoms. The van der Waals surface area contributed by atoms with E-state index in [0.29, 0.717) is 15.6 Å². The van der Waals surface area contributed by atoms with Gasteiger partial charge < -0.3 is 5.73 Å². The second-order valence-corrected chi connectivity index (χ2v) is 6.06. The van der Waals surface area contributed by atoms with E-state index >= 15 is 0 Å². The number of fused-ring (bicyclic) bond motifs is 1. The van der Waals surface area contributed by atoms with Crippen LogP contribution in [-0.2, 0) is 0 Å². The fourth-order valence-corrected chi connectivity index (χ4v) is 3.45. The number of benzene rings is 2. The molecule has 2 N–H and O–H groups in total. The molecule has 1 aromatic heterocycles. The van der Waals surface area contributed by atoms with Crippen molar-refractivity contribution < 1.29 is 4.79 Å². The Bertz CT molecular complexity index is 829. The van der Waals surface area contributed by atoms with Gasteiger partial charge in [-0.15, -0.1) is 11.3 Å². The Morgan fingerprint density at radius 3 is 2.65 bits per heavy atom. The average molecular weight is 323 g/mol. The van der Waals surface area contributed by atoms with E-state index in [0.717, 1.165) is 20.8 Å².